The number of carbonyl (C=O) groups is 1. The van der Waals surface area contributed by atoms with E-state index in [2.05, 4.69) is 5.32 Å². The molecule has 102 valence electrons. The van der Waals surface area contributed by atoms with Gasteiger partial charge in [0.25, 0.3) is 0 Å². The number of carbonyl (C=O) groups excluding carboxylic acids is 1. The molecule has 1 aliphatic heterocycles. The van der Waals surface area contributed by atoms with Gasteiger partial charge in [0.15, 0.2) is 11.6 Å². The van der Waals surface area contributed by atoms with Gasteiger partial charge in [0.1, 0.15) is 11.7 Å². The van der Waals surface area contributed by atoms with Crippen molar-refractivity contribution >= 4 is 5.91 Å². The Morgan fingerprint density at radius 2 is 2.11 bits per heavy atom. The van der Waals surface area contributed by atoms with Crippen molar-refractivity contribution in [2.45, 2.75) is 37.9 Å². The molecule has 5 heteroatoms. The van der Waals surface area contributed by atoms with Crippen LogP contribution >= 0.6 is 0 Å². The molecule has 2 aliphatic rings. The average Bonchev–Trinajstić information content (AvgIpc) is 3.12. The summed E-state index contributed by atoms with van der Waals surface area (Å²) < 4.78 is 26.3. The van der Waals surface area contributed by atoms with Gasteiger partial charge in [0, 0.05) is 6.54 Å². The third-order valence-corrected chi connectivity index (χ3v) is 3.87. The average molecular weight is 266 g/mol. The molecule has 0 radical (unpaired) electrons. The summed E-state index contributed by atoms with van der Waals surface area (Å²) in [5.41, 5.74) is 0.162. The lowest BCUT2D eigenvalue weighted by atomic mass is 10.1. The van der Waals surface area contributed by atoms with Crippen molar-refractivity contribution in [1.82, 2.24) is 10.2 Å². The fraction of sp³-hybridized carbons (Fsp3) is 0.500. The molecule has 1 N–H and O–H groups in total. The number of benzene rings is 1. The quantitative estimate of drug-likeness (QED) is 0.910. The minimum absolute atomic E-state index is 0.0871. The van der Waals surface area contributed by atoms with Gasteiger partial charge in [0.2, 0.25) is 5.91 Å². The number of nitrogens with one attached hydrogen (secondary N) is 1. The van der Waals surface area contributed by atoms with Crippen LogP contribution in [-0.2, 0) is 4.79 Å². The monoisotopic (exact) mass is 266 g/mol. The number of hydrogen-bond acceptors (Lipinski definition) is 2. The lowest BCUT2D eigenvalue weighted by molar-refractivity contribution is -0.130. The molecule has 1 aliphatic carbocycles. The van der Waals surface area contributed by atoms with Gasteiger partial charge in [-0.2, -0.15) is 0 Å². The molecular weight excluding hydrogens is 250 g/mol. The van der Waals surface area contributed by atoms with Crippen molar-refractivity contribution in [1.29, 1.82) is 0 Å². The molecule has 1 atom stereocenters. The molecule has 3 rings (SSSR count). The van der Waals surface area contributed by atoms with Crippen molar-refractivity contribution in [3.8, 4) is 0 Å². The van der Waals surface area contributed by atoms with Crippen LogP contribution in [0.4, 0.5) is 8.78 Å². The second kappa shape index (κ2) is 4.27. The van der Waals surface area contributed by atoms with Gasteiger partial charge in [-0.1, -0.05) is 13.0 Å². The molecule has 0 aromatic heterocycles. The Hall–Kier alpha value is -1.49. The summed E-state index contributed by atoms with van der Waals surface area (Å²) in [4.78, 5) is 14.0. The van der Waals surface area contributed by atoms with E-state index in [9.17, 15) is 13.6 Å². The highest BCUT2D eigenvalue weighted by Gasteiger charge is 2.59. The Morgan fingerprint density at radius 3 is 2.68 bits per heavy atom. The van der Waals surface area contributed by atoms with E-state index in [4.69, 9.17) is 0 Å². The van der Waals surface area contributed by atoms with Crippen molar-refractivity contribution < 1.29 is 13.6 Å². The summed E-state index contributed by atoms with van der Waals surface area (Å²) in [7, 11) is 0. The molecule has 0 bridgehead atoms. The molecular formula is C14H16F2N2O. The fourth-order valence-corrected chi connectivity index (χ4v) is 2.69. The molecule has 1 saturated heterocycles. The van der Waals surface area contributed by atoms with Crippen LogP contribution in [0.15, 0.2) is 18.2 Å². The van der Waals surface area contributed by atoms with Gasteiger partial charge in [-0.05, 0) is 37.0 Å². The fourth-order valence-electron chi connectivity index (χ4n) is 2.69. The summed E-state index contributed by atoms with van der Waals surface area (Å²) >= 11 is 0. The first-order chi connectivity index (χ1) is 9.07. The van der Waals surface area contributed by atoms with Crippen molar-refractivity contribution in [3.05, 3.63) is 35.4 Å². The number of amides is 1. The molecule has 1 unspecified atom stereocenters. The second-order valence-corrected chi connectivity index (χ2v) is 5.30. The standard InChI is InChI=1S/C14H16F2N2O/c1-2-7-18-12(17-14(5-6-14)13(18)19)9-3-4-10(15)11(16)8-9/h3-4,8,12,17H,2,5-7H2,1H3. The molecule has 19 heavy (non-hydrogen) atoms. The minimum Gasteiger partial charge on any atom is -0.321 e. The Bertz CT molecular complexity index is 528. The first-order valence-electron chi connectivity index (χ1n) is 6.61. The second-order valence-electron chi connectivity index (χ2n) is 5.30. The molecule has 1 amide bonds. The zero-order valence-electron chi connectivity index (χ0n) is 10.7. The van der Waals surface area contributed by atoms with Crippen LogP contribution in [0.25, 0.3) is 0 Å². The van der Waals surface area contributed by atoms with E-state index in [1.54, 1.807) is 4.90 Å². The van der Waals surface area contributed by atoms with Crippen LogP contribution in [0.1, 0.15) is 37.9 Å². The molecule has 1 aromatic rings. The van der Waals surface area contributed by atoms with Crippen molar-refractivity contribution in [2.75, 3.05) is 6.54 Å². The van der Waals surface area contributed by atoms with Gasteiger partial charge in [0.05, 0.1) is 0 Å². The summed E-state index contributed by atoms with van der Waals surface area (Å²) in [6.45, 7) is 2.62. The molecule has 2 fully saturated rings. The van der Waals surface area contributed by atoms with Crippen LogP contribution in [0.3, 0.4) is 0 Å². The summed E-state index contributed by atoms with van der Waals surface area (Å²) in [6, 6.07) is 3.82. The first kappa shape index (κ1) is 12.5. The maximum absolute atomic E-state index is 13.3. The highest BCUT2D eigenvalue weighted by atomic mass is 19.2. The van der Waals surface area contributed by atoms with E-state index >= 15 is 0 Å². The van der Waals surface area contributed by atoms with Gasteiger partial charge < -0.3 is 4.90 Å². The van der Waals surface area contributed by atoms with Crippen LogP contribution in [0.2, 0.25) is 0 Å². The summed E-state index contributed by atoms with van der Waals surface area (Å²) in [5, 5.41) is 3.28. The smallest absolute Gasteiger partial charge is 0.244 e. The van der Waals surface area contributed by atoms with E-state index in [1.807, 2.05) is 6.92 Å². The van der Waals surface area contributed by atoms with E-state index in [0.29, 0.717) is 12.1 Å². The van der Waals surface area contributed by atoms with Crippen LogP contribution in [-0.4, -0.2) is 22.9 Å². The van der Waals surface area contributed by atoms with Gasteiger partial charge in [-0.15, -0.1) is 0 Å². The van der Waals surface area contributed by atoms with E-state index in [0.717, 1.165) is 25.3 Å². The van der Waals surface area contributed by atoms with E-state index in [1.165, 1.54) is 12.1 Å². The van der Waals surface area contributed by atoms with E-state index < -0.39 is 17.2 Å². The highest BCUT2D eigenvalue weighted by molar-refractivity contribution is 5.92. The number of halogens is 2. The molecule has 1 spiro atoms. The third-order valence-electron chi connectivity index (χ3n) is 3.87. The minimum atomic E-state index is -0.875. The van der Waals surface area contributed by atoms with Crippen LogP contribution < -0.4 is 5.32 Å². The predicted molar refractivity (Wildman–Crippen MR) is 66.2 cm³/mol. The molecule has 3 nitrogen and oxygen atoms in total. The molecule has 1 aromatic carbocycles. The Kier molecular flexibility index (Phi) is 2.82. The Labute approximate surface area is 110 Å². The summed E-state index contributed by atoms with van der Waals surface area (Å²) in [5.74, 6) is -1.65. The Morgan fingerprint density at radius 1 is 1.37 bits per heavy atom. The SMILES string of the molecule is CCCN1C(=O)C2(CC2)NC1c1ccc(F)c(F)c1. The third kappa shape index (κ3) is 1.92. The number of nitrogens with zero attached hydrogens (tertiary/aromatic N) is 1. The van der Waals surface area contributed by atoms with Crippen molar-refractivity contribution in [2.24, 2.45) is 0 Å². The summed E-state index contributed by atoms with van der Waals surface area (Å²) in [6.07, 6.45) is 2.15. The molecule has 1 heterocycles. The van der Waals surface area contributed by atoms with Crippen molar-refractivity contribution in [3.63, 3.8) is 0 Å². The van der Waals surface area contributed by atoms with Gasteiger partial charge in [-0.25, -0.2) is 8.78 Å². The lowest BCUT2D eigenvalue weighted by Gasteiger charge is -2.24. The zero-order valence-corrected chi connectivity index (χ0v) is 10.7. The largest absolute Gasteiger partial charge is 0.321 e. The number of rotatable bonds is 3. The van der Waals surface area contributed by atoms with Gasteiger partial charge in [-0.3, -0.25) is 10.1 Å². The lowest BCUT2D eigenvalue weighted by Crippen LogP contribution is -2.32. The Balaban J connectivity index is 1.93. The highest BCUT2D eigenvalue weighted by Crippen LogP contribution is 2.45. The predicted octanol–water partition coefficient (Wildman–Crippen LogP) is 2.34. The zero-order chi connectivity index (χ0) is 13.6. The van der Waals surface area contributed by atoms with E-state index in [-0.39, 0.29) is 12.1 Å². The van der Waals surface area contributed by atoms with Crippen LogP contribution in [0.5, 0.6) is 0 Å². The number of hydrogen-bond donors (Lipinski definition) is 1. The topological polar surface area (TPSA) is 32.3 Å². The maximum atomic E-state index is 13.3. The van der Waals surface area contributed by atoms with Gasteiger partial charge >= 0.3 is 0 Å². The van der Waals surface area contributed by atoms with Crippen LogP contribution in [0, 0.1) is 11.6 Å². The first-order valence-corrected chi connectivity index (χ1v) is 6.61. The normalized spacial score (nSPS) is 24.3. The maximum Gasteiger partial charge on any atom is 0.244 e. The molecule has 1 saturated carbocycles.